The fraction of sp³-hybridized carbons (Fsp3) is 0.400. The molecule has 2 aliphatic heterocycles. The lowest BCUT2D eigenvalue weighted by Crippen LogP contribution is -2.33. The fourth-order valence-corrected chi connectivity index (χ4v) is 6.22. The third kappa shape index (κ3) is 3.60. The summed E-state index contributed by atoms with van der Waals surface area (Å²) in [4.78, 5) is 27.0. The first-order valence-electron chi connectivity index (χ1n) is 12.2. The van der Waals surface area contributed by atoms with E-state index in [0.717, 1.165) is 33.4 Å². The number of rotatable bonds is 2. The number of hydrogen-bond donors (Lipinski definition) is 0. The zero-order valence-corrected chi connectivity index (χ0v) is 20.9. The molecule has 34 heavy (non-hydrogen) atoms. The number of hydrogen-bond acceptors (Lipinski definition) is 4. The molecule has 3 aliphatic rings. The Balaban J connectivity index is 1.45. The van der Waals surface area contributed by atoms with E-state index in [1.165, 1.54) is 11.1 Å². The first-order chi connectivity index (χ1) is 16.2. The number of ketones is 2. The highest BCUT2D eigenvalue weighted by atomic mass is 16.5. The van der Waals surface area contributed by atoms with Crippen LogP contribution >= 0.6 is 0 Å². The normalized spacial score (nSPS) is 22.3. The minimum atomic E-state index is -0.214. The monoisotopic (exact) mass is 456 g/mol. The molecule has 0 radical (unpaired) electrons. The maximum absolute atomic E-state index is 13.5. The predicted octanol–water partition coefficient (Wildman–Crippen LogP) is 6.60. The van der Waals surface area contributed by atoms with Crippen LogP contribution in [0.2, 0.25) is 0 Å². The van der Waals surface area contributed by atoms with Crippen LogP contribution in [0.4, 0.5) is 0 Å². The third-order valence-electron chi connectivity index (χ3n) is 7.46. The number of carbonyl (C=O) groups is 2. The lowest BCUT2D eigenvalue weighted by molar-refractivity contribution is -0.125. The van der Waals surface area contributed by atoms with Crippen LogP contribution in [0.3, 0.4) is 0 Å². The summed E-state index contributed by atoms with van der Waals surface area (Å²) in [5.41, 5.74) is 10.3. The Morgan fingerprint density at radius 1 is 0.588 bits per heavy atom. The molecule has 4 heteroatoms. The van der Waals surface area contributed by atoms with Gasteiger partial charge in [-0.1, -0.05) is 35.4 Å². The van der Waals surface area contributed by atoms with Crippen LogP contribution in [0.15, 0.2) is 46.9 Å². The molecular weight excluding hydrogens is 424 g/mol. The molecule has 0 fully saturated rings. The summed E-state index contributed by atoms with van der Waals surface area (Å²) in [6.45, 7) is 12.5. The van der Waals surface area contributed by atoms with Crippen molar-refractivity contribution in [2.75, 3.05) is 0 Å². The molecule has 2 heterocycles. The van der Waals surface area contributed by atoms with Crippen molar-refractivity contribution in [3.63, 3.8) is 0 Å². The van der Waals surface area contributed by atoms with Crippen LogP contribution in [0.25, 0.3) is 0 Å². The molecule has 0 saturated carbocycles. The van der Waals surface area contributed by atoms with Gasteiger partial charge in [0.15, 0.2) is 11.5 Å². The summed E-state index contributed by atoms with van der Waals surface area (Å²) in [5.74, 6) is 0.133. The predicted molar refractivity (Wildman–Crippen MR) is 131 cm³/mol. The van der Waals surface area contributed by atoms with Crippen LogP contribution < -0.4 is 0 Å². The molecule has 2 atom stereocenters. The second-order valence-electron chi connectivity index (χ2n) is 10.2. The van der Waals surface area contributed by atoms with Crippen molar-refractivity contribution in [2.45, 2.75) is 79.4 Å². The minimum Gasteiger partial charge on any atom is -0.481 e. The van der Waals surface area contributed by atoms with Crippen molar-refractivity contribution in [3.8, 4) is 0 Å². The van der Waals surface area contributed by atoms with Gasteiger partial charge < -0.3 is 9.47 Å². The van der Waals surface area contributed by atoms with E-state index in [0.29, 0.717) is 36.8 Å². The average molecular weight is 457 g/mol. The quantitative estimate of drug-likeness (QED) is 0.478. The van der Waals surface area contributed by atoms with E-state index in [4.69, 9.17) is 9.47 Å². The standard InChI is InChI=1S/C30H32O4/c1-15-11-17(3)25(18(4)12-15)23-9-7-21-28(32)30-22(27(31)29(21)33-23)8-10-24(34-30)26-19(5)13-16(2)14-20(26)6/h11-14,23-24H,7-10H2,1-6H3/t23-,24-/m1/s1. The van der Waals surface area contributed by atoms with Gasteiger partial charge >= 0.3 is 0 Å². The van der Waals surface area contributed by atoms with E-state index >= 15 is 0 Å². The number of allylic oxidation sites excluding steroid dienone is 2. The van der Waals surface area contributed by atoms with E-state index in [1.54, 1.807) is 0 Å². The first-order valence-corrected chi connectivity index (χ1v) is 12.2. The lowest BCUT2D eigenvalue weighted by Gasteiger charge is -2.36. The largest absolute Gasteiger partial charge is 0.481 e. The second-order valence-corrected chi connectivity index (χ2v) is 10.2. The summed E-state index contributed by atoms with van der Waals surface area (Å²) < 4.78 is 12.6. The number of aryl methyl sites for hydroxylation is 6. The van der Waals surface area contributed by atoms with Gasteiger partial charge in [0, 0.05) is 11.1 Å². The zero-order chi connectivity index (χ0) is 24.3. The van der Waals surface area contributed by atoms with Gasteiger partial charge in [-0.05, 0) is 101 Å². The molecule has 1 aliphatic carbocycles. The van der Waals surface area contributed by atoms with Crippen LogP contribution in [0, 0.1) is 41.5 Å². The molecule has 0 N–H and O–H groups in total. The highest BCUT2D eigenvalue weighted by molar-refractivity contribution is 6.23. The lowest BCUT2D eigenvalue weighted by atomic mass is 9.82. The number of carbonyl (C=O) groups excluding carboxylic acids is 2. The molecule has 0 amide bonds. The molecule has 0 spiro atoms. The van der Waals surface area contributed by atoms with Crippen molar-refractivity contribution in [2.24, 2.45) is 0 Å². The van der Waals surface area contributed by atoms with E-state index in [2.05, 4.69) is 65.8 Å². The SMILES string of the molecule is Cc1cc(C)c([C@H]2CCC3=C(O2)C(=O)C2=C(O[C@@H](c4c(C)cc(C)cc4C)CC2)C3=O)c(C)c1. The van der Waals surface area contributed by atoms with Gasteiger partial charge in [0.1, 0.15) is 12.2 Å². The van der Waals surface area contributed by atoms with Gasteiger partial charge in [0.2, 0.25) is 11.6 Å². The molecule has 0 saturated heterocycles. The zero-order valence-electron chi connectivity index (χ0n) is 20.9. The van der Waals surface area contributed by atoms with E-state index in [9.17, 15) is 9.59 Å². The van der Waals surface area contributed by atoms with Crippen LogP contribution in [0.1, 0.15) is 82.4 Å². The molecule has 2 aromatic carbocycles. The summed E-state index contributed by atoms with van der Waals surface area (Å²) in [5, 5.41) is 0. The van der Waals surface area contributed by atoms with Crippen molar-refractivity contribution in [1.82, 2.24) is 0 Å². The Bertz CT molecular complexity index is 1160. The van der Waals surface area contributed by atoms with Gasteiger partial charge in [-0.3, -0.25) is 9.59 Å². The van der Waals surface area contributed by atoms with Crippen molar-refractivity contribution in [1.29, 1.82) is 0 Å². The Morgan fingerprint density at radius 3 is 1.24 bits per heavy atom. The van der Waals surface area contributed by atoms with Gasteiger partial charge in [-0.15, -0.1) is 0 Å². The molecule has 0 aromatic heterocycles. The Hall–Kier alpha value is -3.14. The van der Waals surface area contributed by atoms with E-state index < -0.39 is 0 Å². The van der Waals surface area contributed by atoms with Gasteiger partial charge in [0.05, 0.1) is 0 Å². The van der Waals surface area contributed by atoms with Crippen LogP contribution in [0.5, 0.6) is 0 Å². The van der Waals surface area contributed by atoms with E-state index in [1.807, 2.05) is 0 Å². The topological polar surface area (TPSA) is 52.6 Å². The summed E-state index contributed by atoms with van der Waals surface area (Å²) >= 11 is 0. The van der Waals surface area contributed by atoms with Crippen LogP contribution in [-0.4, -0.2) is 11.6 Å². The molecule has 176 valence electrons. The fourth-order valence-electron chi connectivity index (χ4n) is 6.22. The van der Waals surface area contributed by atoms with Crippen molar-refractivity contribution in [3.05, 3.63) is 91.4 Å². The van der Waals surface area contributed by atoms with Gasteiger partial charge in [-0.25, -0.2) is 0 Å². The molecule has 5 rings (SSSR count). The number of ether oxygens (including phenoxy) is 2. The average Bonchev–Trinajstić information content (AvgIpc) is 2.76. The van der Waals surface area contributed by atoms with Gasteiger partial charge in [-0.2, -0.15) is 0 Å². The smallest absolute Gasteiger partial charge is 0.227 e. The highest BCUT2D eigenvalue weighted by Crippen LogP contribution is 2.46. The number of benzene rings is 2. The van der Waals surface area contributed by atoms with Crippen molar-refractivity contribution < 1.29 is 19.1 Å². The molecule has 4 nitrogen and oxygen atoms in total. The minimum absolute atomic E-state index is 0.174. The Labute approximate surface area is 201 Å². The highest BCUT2D eigenvalue weighted by Gasteiger charge is 2.43. The van der Waals surface area contributed by atoms with Gasteiger partial charge in [0.25, 0.3) is 0 Å². The van der Waals surface area contributed by atoms with Crippen LogP contribution in [-0.2, 0) is 19.1 Å². The number of Topliss-reactive ketones (excluding diaryl/α,β-unsaturated/α-hetero) is 2. The van der Waals surface area contributed by atoms with E-state index in [-0.39, 0.29) is 35.3 Å². The first kappa shape index (κ1) is 22.6. The summed E-state index contributed by atoms with van der Waals surface area (Å²) in [6, 6.07) is 8.59. The Kier molecular flexibility index (Phi) is 5.50. The molecular formula is C30H32O4. The molecule has 0 bridgehead atoms. The molecule has 2 aromatic rings. The Morgan fingerprint density at radius 2 is 0.912 bits per heavy atom. The summed E-state index contributed by atoms with van der Waals surface area (Å²) in [7, 11) is 0. The maximum Gasteiger partial charge on any atom is 0.227 e. The maximum atomic E-state index is 13.5. The second kappa shape index (κ2) is 8.26. The van der Waals surface area contributed by atoms with Crippen molar-refractivity contribution >= 4 is 11.6 Å². The summed E-state index contributed by atoms with van der Waals surface area (Å²) in [6.07, 6.45) is 1.95. The molecule has 0 unspecified atom stereocenters. The third-order valence-corrected chi connectivity index (χ3v) is 7.46.